The molecule has 0 N–H and O–H groups in total. The van der Waals surface area contributed by atoms with Gasteiger partial charge in [-0.1, -0.05) is 0 Å². The van der Waals surface area contributed by atoms with E-state index in [0.717, 1.165) is 0 Å². The molecular formula is C32H14Fe2Pb-20. The van der Waals surface area contributed by atoms with Gasteiger partial charge in [-0.25, -0.2) is 0 Å². The van der Waals surface area contributed by atoms with Gasteiger partial charge in [0.25, 0.3) is 0 Å². The fourth-order valence-electron chi connectivity index (χ4n) is 1.93. The van der Waals surface area contributed by atoms with Crippen LogP contribution in [0.2, 0.25) is 0 Å². The molecule has 0 saturated carbocycles. The fourth-order valence-corrected chi connectivity index (χ4v) is 6.02. The third kappa shape index (κ3) is 19.8. The second-order valence-electron chi connectivity index (χ2n) is 5.59. The van der Waals surface area contributed by atoms with Crippen molar-refractivity contribution in [1.82, 2.24) is 0 Å². The Morgan fingerprint density at radius 2 is 0.600 bits per heavy atom. The minimum absolute atomic E-state index is 0. The summed E-state index contributed by atoms with van der Waals surface area (Å²) in [5, 5.41) is 0. The van der Waals surface area contributed by atoms with Gasteiger partial charge in [-0.05, 0) is 0 Å². The summed E-state index contributed by atoms with van der Waals surface area (Å²) < 4.78 is 3.13. The molecule has 0 atom stereocenters. The predicted molar refractivity (Wildman–Crippen MR) is 127 cm³/mol. The van der Waals surface area contributed by atoms with Crippen LogP contribution < -0.4 is 6.25 Å². The average Bonchev–Trinajstić information content (AvgIpc) is 3.73. The summed E-state index contributed by atoms with van der Waals surface area (Å²) in [5.41, 5.74) is 0. The van der Waals surface area contributed by atoms with E-state index in [4.69, 9.17) is 0 Å². The normalized spacial score (nSPS) is 8.23. The van der Waals surface area contributed by atoms with E-state index in [-0.39, 0.29) is 34.1 Å². The van der Waals surface area contributed by atoms with Crippen LogP contribution in [0.3, 0.4) is 0 Å². The van der Waals surface area contributed by atoms with E-state index >= 15 is 0 Å². The summed E-state index contributed by atoms with van der Waals surface area (Å²) in [4.78, 5) is 0. The van der Waals surface area contributed by atoms with Gasteiger partial charge in [0.2, 0.25) is 0 Å². The molecule has 0 aromatic heterocycles. The summed E-state index contributed by atoms with van der Waals surface area (Å²) in [5.74, 6) is 0. The van der Waals surface area contributed by atoms with E-state index in [1.165, 1.54) is 0 Å². The zero-order chi connectivity index (χ0) is 23.1. The molecule has 6 aromatic rings. The van der Waals surface area contributed by atoms with Gasteiger partial charge in [-0.15, -0.1) is 0 Å². The van der Waals surface area contributed by atoms with Gasteiger partial charge >= 0.3 is 91.1 Å². The van der Waals surface area contributed by atoms with Crippen LogP contribution in [0.4, 0.5) is 0 Å². The Balaban J connectivity index is 0.000000443. The third-order valence-electron chi connectivity index (χ3n) is 3.24. The van der Waals surface area contributed by atoms with Crippen molar-refractivity contribution in [3.05, 3.63) is 182 Å². The van der Waals surface area contributed by atoms with Gasteiger partial charge in [-0.3, -0.25) is 0 Å². The first-order valence-corrected chi connectivity index (χ1v) is 13.5. The Hall–Kier alpha value is -2.20. The van der Waals surface area contributed by atoms with Crippen LogP contribution in [0, 0.1) is 97.1 Å². The molecular weight excluding hydrogens is 703 g/mol. The number of hydrogen-bond donors (Lipinski definition) is 0. The van der Waals surface area contributed by atoms with Crippen LogP contribution in [0.25, 0.3) is 0 Å². The fraction of sp³-hybridized carbons (Fsp3) is 0. The van der Waals surface area contributed by atoms with Crippen molar-refractivity contribution in [2.24, 2.45) is 0 Å². The number of hydrogen-bond acceptors (Lipinski definition) is 0. The molecule has 3 heteroatoms. The minimum atomic E-state index is -0.740. The maximum atomic E-state index is 2.62. The molecule has 0 unspecified atom stereocenters. The second-order valence-corrected chi connectivity index (χ2v) is 11.0. The van der Waals surface area contributed by atoms with E-state index < -0.39 is 24.2 Å². The first kappa shape index (κ1) is 32.8. The molecule has 2 radical (unpaired) electrons. The summed E-state index contributed by atoms with van der Waals surface area (Å²) in [6.07, 6.45) is 0. The van der Waals surface area contributed by atoms with E-state index in [9.17, 15) is 0 Å². The molecule has 0 spiro atoms. The quantitative estimate of drug-likeness (QED) is 0.189. The molecule has 0 aliphatic heterocycles. The Morgan fingerprint density at radius 3 is 0.771 bits per heavy atom. The van der Waals surface area contributed by atoms with Crippen molar-refractivity contribution >= 4 is 30.5 Å². The monoisotopic (exact) mass is 718 g/mol. The summed E-state index contributed by atoms with van der Waals surface area (Å²) >= 11 is -0.740. The maximum absolute atomic E-state index is 2.62. The zero-order valence-electron chi connectivity index (χ0n) is 18.3. The van der Waals surface area contributed by atoms with Gasteiger partial charge in [0.15, 0.2) is 0 Å². The first-order chi connectivity index (χ1) is 16.4. The van der Waals surface area contributed by atoms with E-state index in [1.807, 2.05) is 0 Å². The molecule has 0 fully saturated rings. The predicted octanol–water partition coefficient (Wildman–Crippen LogP) is 3.76. The molecule has 6 rings (SSSR count). The van der Waals surface area contributed by atoms with Crippen LogP contribution in [0.1, 0.15) is 0 Å². The van der Waals surface area contributed by atoms with Crippen molar-refractivity contribution in [2.45, 2.75) is 0 Å². The van der Waals surface area contributed by atoms with Crippen LogP contribution in [-0.2, 0) is 34.1 Å². The number of benzene rings is 2. The van der Waals surface area contributed by atoms with Crippen LogP contribution in [0.15, 0.2) is 84.9 Å². The van der Waals surface area contributed by atoms with E-state index in [0.29, 0.717) is 0 Å². The van der Waals surface area contributed by atoms with Crippen molar-refractivity contribution in [3.8, 4) is 0 Å². The van der Waals surface area contributed by atoms with Crippen LogP contribution >= 0.6 is 0 Å². The van der Waals surface area contributed by atoms with Gasteiger partial charge in [0, 0.05) is 34.1 Å². The van der Waals surface area contributed by atoms with Gasteiger partial charge in [0.1, 0.15) is 0 Å². The summed E-state index contributed by atoms with van der Waals surface area (Å²) in [6, 6.07) is 69.7. The first-order valence-electron chi connectivity index (χ1n) is 9.63. The summed E-state index contributed by atoms with van der Waals surface area (Å²) in [6.45, 7) is 0. The van der Waals surface area contributed by atoms with Crippen LogP contribution in [0.5, 0.6) is 0 Å². The van der Waals surface area contributed by atoms with Crippen molar-refractivity contribution < 1.29 is 34.1 Å². The van der Waals surface area contributed by atoms with Crippen LogP contribution in [-0.4, -0.2) is 24.2 Å². The second kappa shape index (κ2) is 24.9. The topological polar surface area (TPSA) is 0 Å². The molecule has 35 heavy (non-hydrogen) atoms. The van der Waals surface area contributed by atoms with Gasteiger partial charge in [0.05, 0.1) is 0 Å². The Kier molecular flexibility index (Phi) is 23.3. The SMILES string of the molecule is [Fe].[Fe].[c-]1[c-][c-][cH-][c-]1.[c-]1[c-][c-][cH-][c-]1.[c-]1[c-][c-][cH-][c-]1.[c-]1[c-][c-][cH-][c-]1.c1cc[c]([Pb][c]2ccccc2)cc1. The number of rotatable bonds is 2. The standard InChI is InChI=1S/2C6H5.4C5H.2Fe.Pb/c2*1-2-4-6-5-3-1;4*1-2-4-5-3-1;;;/h2*1-5H;4*1H;;;/q;;4*-5;;;. The molecule has 182 valence electrons. The Labute approximate surface area is 244 Å². The van der Waals surface area contributed by atoms with Crippen molar-refractivity contribution in [3.63, 3.8) is 0 Å². The molecule has 0 heterocycles. The Morgan fingerprint density at radius 1 is 0.371 bits per heavy atom. The third-order valence-corrected chi connectivity index (χ3v) is 8.08. The zero-order valence-corrected chi connectivity index (χ0v) is 24.4. The molecule has 0 aliphatic rings. The van der Waals surface area contributed by atoms with E-state index in [1.54, 1.807) is 30.5 Å². The van der Waals surface area contributed by atoms with Crippen molar-refractivity contribution in [1.29, 1.82) is 0 Å². The Bertz CT molecular complexity index is 838. The molecule has 6 aromatic carbocycles. The van der Waals surface area contributed by atoms with Gasteiger partial charge in [-0.2, -0.15) is 0 Å². The molecule has 0 nitrogen and oxygen atoms in total. The van der Waals surface area contributed by atoms with Gasteiger partial charge < -0.3 is 121 Å². The summed E-state index contributed by atoms with van der Waals surface area (Å²) in [7, 11) is 0. The average molecular weight is 717 g/mol. The molecule has 0 saturated heterocycles. The molecule has 0 amide bonds. The molecule has 0 bridgehead atoms. The van der Waals surface area contributed by atoms with Crippen molar-refractivity contribution in [2.75, 3.05) is 0 Å². The molecule has 0 aliphatic carbocycles. The van der Waals surface area contributed by atoms with E-state index in [2.05, 4.69) is 158 Å².